The number of hydrogen-bond acceptors (Lipinski definition) is 2. The summed E-state index contributed by atoms with van der Waals surface area (Å²) in [5.41, 5.74) is 0. The van der Waals surface area contributed by atoms with Crippen LogP contribution in [0.3, 0.4) is 0 Å². The molecule has 0 amide bonds. The van der Waals surface area contributed by atoms with E-state index in [2.05, 4.69) is 37.4 Å². The average molecular weight is 200 g/mol. The van der Waals surface area contributed by atoms with E-state index in [9.17, 15) is 0 Å². The first kappa shape index (κ1) is 8.05. The predicted octanol–water partition coefficient (Wildman–Crippen LogP) is 2.74. The van der Waals surface area contributed by atoms with Gasteiger partial charge < -0.3 is 0 Å². The highest BCUT2D eigenvalue weighted by molar-refractivity contribution is 8.02. The van der Waals surface area contributed by atoms with E-state index in [0.29, 0.717) is 0 Å². The molecule has 2 heteroatoms. The molecule has 3 aliphatic heterocycles. The Morgan fingerprint density at radius 3 is 1.92 bits per heavy atom. The Morgan fingerprint density at radius 1 is 0.917 bits per heavy atom. The maximum Gasteiger partial charge on any atom is 0.0118 e. The number of rotatable bonds is 0. The standard InChI is InChI=1S/C10H16S2/c1-5-6(2)10-8-4-11-3-7(8)9(5)12-10/h5-10H,3-4H2,1-2H3. The number of hydrogen-bond donors (Lipinski definition) is 0. The third-order valence-corrected chi connectivity index (χ3v) is 7.62. The zero-order valence-corrected chi connectivity index (χ0v) is 9.33. The minimum absolute atomic E-state index is 1.000. The second-order valence-corrected chi connectivity index (χ2v) is 7.08. The highest BCUT2D eigenvalue weighted by Crippen LogP contribution is 2.61. The van der Waals surface area contributed by atoms with Crippen molar-refractivity contribution in [2.24, 2.45) is 23.7 Å². The lowest BCUT2D eigenvalue weighted by Crippen LogP contribution is -2.36. The van der Waals surface area contributed by atoms with Crippen LogP contribution in [-0.2, 0) is 0 Å². The van der Waals surface area contributed by atoms with Crippen LogP contribution in [0.25, 0.3) is 0 Å². The average Bonchev–Trinajstić information content (AvgIpc) is 2.63. The summed E-state index contributed by atoms with van der Waals surface area (Å²) in [4.78, 5) is 0. The van der Waals surface area contributed by atoms with Crippen molar-refractivity contribution in [1.82, 2.24) is 0 Å². The van der Waals surface area contributed by atoms with Crippen LogP contribution in [0.1, 0.15) is 13.8 Å². The second-order valence-electron chi connectivity index (χ2n) is 4.65. The summed E-state index contributed by atoms with van der Waals surface area (Å²) < 4.78 is 0. The van der Waals surface area contributed by atoms with Gasteiger partial charge in [-0.2, -0.15) is 23.5 Å². The lowest BCUT2D eigenvalue weighted by molar-refractivity contribution is 0.221. The molecule has 3 rings (SSSR count). The van der Waals surface area contributed by atoms with Crippen molar-refractivity contribution in [2.75, 3.05) is 11.5 Å². The van der Waals surface area contributed by atoms with Crippen LogP contribution >= 0.6 is 23.5 Å². The third kappa shape index (κ3) is 0.836. The fourth-order valence-corrected chi connectivity index (χ4v) is 7.46. The molecule has 3 fully saturated rings. The molecule has 68 valence electrons. The molecule has 0 aliphatic carbocycles. The van der Waals surface area contributed by atoms with Crippen molar-refractivity contribution in [3.8, 4) is 0 Å². The monoisotopic (exact) mass is 200 g/mol. The Hall–Kier alpha value is 0.700. The molecule has 0 aromatic carbocycles. The van der Waals surface area contributed by atoms with E-state index in [1.165, 1.54) is 11.5 Å². The van der Waals surface area contributed by atoms with E-state index in [1.54, 1.807) is 0 Å². The summed E-state index contributed by atoms with van der Waals surface area (Å²) in [6, 6.07) is 0. The van der Waals surface area contributed by atoms with Crippen molar-refractivity contribution in [2.45, 2.75) is 24.3 Å². The quantitative estimate of drug-likeness (QED) is 0.590. The molecular weight excluding hydrogens is 184 g/mol. The van der Waals surface area contributed by atoms with Crippen molar-refractivity contribution < 1.29 is 0 Å². The summed E-state index contributed by atoms with van der Waals surface area (Å²) in [6.07, 6.45) is 0. The minimum Gasteiger partial charge on any atom is -0.161 e. The first-order valence-electron chi connectivity index (χ1n) is 5.02. The molecule has 0 spiro atoms. The minimum atomic E-state index is 1.000. The molecule has 2 bridgehead atoms. The van der Waals surface area contributed by atoms with Gasteiger partial charge in [-0.15, -0.1) is 0 Å². The van der Waals surface area contributed by atoms with Crippen LogP contribution in [-0.4, -0.2) is 22.0 Å². The second kappa shape index (κ2) is 2.60. The molecule has 3 heterocycles. The summed E-state index contributed by atoms with van der Waals surface area (Å²) in [7, 11) is 0. The van der Waals surface area contributed by atoms with Crippen LogP contribution in [0.15, 0.2) is 0 Å². The third-order valence-electron chi connectivity index (χ3n) is 4.19. The zero-order valence-electron chi connectivity index (χ0n) is 7.69. The van der Waals surface area contributed by atoms with Crippen molar-refractivity contribution in [3.05, 3.63) is 0 Å². The van der Waals surface area contributed by atoms with Crippen LogP contribution in [0.4, 0.5) is 0 Å². The van der Waals surface area contributed by atoms with Crippen LogP contribution in [0.5, 0.6) is 0 Å². The predicted molar refractivity (Wildman–Crippen MR) is 57.8 cm³/mol. The molecule has 0 nitrogen and oxygen atoms in total. The van der Waals surface area contributed by atoms with Gasteiger partial charge in [-0.3, -0.25) is 0 Å². The van der Waals surface area contributed by atoms with Gasteiger partial charge in [-0.05, 0) is 35.2 Å². The maximum atomic E-state index is 2.47. The Labute approximate surface area is 83.3 Å². The van der Waals surface area contributed by atoms with Gasteiger partial charge in [0.25, 0.3) is 0 Å². The van der Waals surface area contributed by atoms with Gasteiger partial charge in [0.15, 0.2) is 0 Å². The van der Waals surface area contributed by atoms with Gasteiger partial charge in [0.05, 0.1) is 0 Å². The van der Waals surface area contributed by atoms with E-state index >= 15 is 0 Å². The highest BCUT2D eigenvalue weighted by atomic mass is 32.2. The summed E-state index contributed by atoms with van der Waals surface area (Å²) in [5.74, 6) is 7.12. The van der Waals surface area contributed by atoms with Gasteiger partial charge in [0, 0.05) is 10.5 Å². The molecule has 0 radical (unpaired) electrons. The lowest BCUT2D eigenvalue weighted by atomic mass is 9.71. The number of fused-ring (bicyclic) bond motifs is 5. The smallest absolute Gasteiger partial charge is 0.0118 e. The van der Waals surface area contributed by atoms with Crippen LogP contribution < -0.4 is 0 Å². The Kier molecular flexibility index (Phi) is 1.74. The van der Waals surface area contributed by atoms with Crippen molar-refractivity contribution in [1.29, 1.82) is 0 Å². The van der Waals surface area contributed by atoms with Crippen molar-refractivity contribution in [3.63, 3.8) is 0 Å². The van der Waals surface area contributed by atoms with Gasteiger partial charge in [-0.25, -0.2) is 0 Å². The highest BCUT2D eigenvalue weighted by Gasteiger charge is 2.56. The Bertz CT molecular complexity index is 184. The first-order chi connectivity index (χ1) is 5.79. The molecular formula is C10H16S2. The number of thioether (sulfide) groups is 2. The largest absolute Gasteiger partial charge is 0.161 e. The Balaban J connectivity index is 1.92. The van der Waals surface area contributed by atoms with E-state index in [4.69, 9.17) is 0 Å². The first-order valence-corrected chi connectivity index (χ1v) is 7.12. The molecule has 0 saturated carbocycles. The van der Waals surface area contributed by atoms with Gasteiger partial charge in [-0.1, -0.05) is 13.8 Å². The molecule has 0 aromatic heterocycles. The van der Waals surface area contributed by atoms with Crippen LogP contribution in [0, 0.1) is 23.7 Å². The lowest BCUT2D eigenvalue weighted by Gasteiger charge is -2.32. The summed E-state index contributed by atoms with van der Waals surface area (Å²) in [5, 5.41) is 2.06. The van der Waals surface area contributed by atoms with Gasteiger partial charge in [0.1, 0.15) is 0 Å². The van der Waals surface area contributed by atoms with Gasteiger partial charge >= 0.3 is 0 Å². The molecule has 0 N–H and O–H groups in total. The molecule has 6 unspecified atom stereocenters. The molecule has 12 heavy (non-hydrogen) atoms. The fourth-order valence-electron chi connectivity index (χ4n) is 3.27. The van der Waals surface area contributed by atoms with E-state index in [0.717, 1.165) is 34.2 Å². The normalized spacial score (nSPS) is 62.5. The molecule has 3 saturated heterocycles. The van der Waals surface area contributed by atoms with Crippen molar-refractivity contribution >= 4 is 23.5 Å². The molecule has 6 atom stereocenters. The van der Waals surface area contributed by atoms with Crippen LogP contribution in [0.2, 0.25) is 0 Å². The summed E-state index contributed by atoms with van der Waals surface area (Å²) >= 11 is 4.53. The zero-order chi connectivity index (χ0) is 8.29. The van der Waals surface area contributed by atoms with Gasteiger partial charge in [0.2, 0.25) is 0 Å². The molecule has 0 aromatic rings. The summed E-state index contributed by atoms with van der Waals surface area (Å²) in [6.45, 7) is 4.95. The van der Waals surface area contributed by atoms with E-state index < -0.39 is 0 Å². The van der Waals surface area contributed by atoms with E-state index in [-0.39, 0.29) is 0 Å². The maximum absolute atomic E-state index is 2.47. The van der Waals surface area contributed by atoms with E-state index in [1.807, 2.05) is 0 Å². The fraction of sp³-hybridized carbons (Fsp3) is 1.00. The SMILES string of the molecule is CC1C(C)C2SC1C1CSCC12. The Morgan fingerprint density at radius 2 is 1.42 bits per heavy atom. The topological polar surface area (TPSA) is 0 Å². The molecule has 3 aliphatic rings.